The van der Waals surface area contributed by atoms with Gasteiger partial charge in [-0.25, -0.2) is 4.39 Å². The highest BCUT2D eigenvalue weighted by Crippen LogP contribution is 2.31. The van der Waals surface area contributed by atoms with E-state index in [0.717, 1.165) is 6.07 Å². The van der Waals surface area contributed by atoms with E-state index in [4.69, 9.17) is 0 Å². The first-order chi connectivity index (χ1) is 6.29. The molecule has 0 heterocycles. The van der Waals surface area contributed by atoms with Crippen LogP contribution in [0.1, 0.15) is 5.56 Å². The first kappa shape index (κ1) is 11.3. The van der Waals surface area contributed by atoms with E-state index < -0.39 is 17.9 Å². The Morgan fingerprint density at radius 3 is 2.29 bits per heavy atom. The summed E-state index contributed by atoms with van der Waals surface area (Å²) in [5, 5.41) is 0. The molecule has 0 saturated heterocycles. The van der Waals surface area contributed by atoms with Crippen LogP contribution >= 0.6 is 15.9 Å². The lowest BCUT2D eigenvalue weighted by atomic mass is 10.2. The van der Waals surface area contributed by atoms with Crippen LogP contribution in [0.5, 0.6) is 5.75 Å². The molecule has 0 saturated carbocycles. The van der Waals surface area contributed by atoms with Crippen molar-refractivity contribution in [3.63, 3.8) is 0 Å². The summed E-state index contributed by atoms with van der Waals surface area (Å²) in [7, 11) is 0. The topological polar surface area (TPSA) is 9.23 Å². The molecule has 0 aromatic heterocycles. The third kappa shape index (κ3) is 2.87. The van der Waals surface area contributed by atoms with Gasteiger partial charge in [-0.3, -0.25) is 0 Å². The van der Waals surface area contributed by atoms with Crippen LogP contribution in [0.2, 0.25) is 0 Å². The zero-order valence-electron chi connectivity index (χ0n) is 6.95. The zero-order valence-corrected chi connectivity index (χ0v) is 8.54. The maximum Gasteiger partial charge on any atom is 0.573 e. The molecule has 0 unspecified atom stereocenters. The number of hydrogen-bond acceptors (Lipinski definition) is 1. The highest BCUT2D eigenvalue weighted by atomic mass is 79.9. The summed E-state index contributed by atoms with van der Waals surface area (Å²) in [5.41, 5.74) is 0.0780. The normalized spacial score (nSPS) is 11.6. The average Bonchev–Trinajstić information content (AvgIpc) is 1.95. The molecule has 1 rings (SSSR count). The van der Waals surface area contributed by atoms with Crippen molar-refractivity contribution in [2.24, 2.45) is 0 Å². The third-order valence-corrected chi connectivity index (χ3v) is 1.87. The smallest absolute Gasteiger partial charge is 0.402 e. The van der Waals surface area contributed by atoms with E-state index in [1.807, 2.05) is 0 Å². The standard InChI is InChI=1S/C8H5BrF4O/c1-4-2-5(9)3-6(10)7(4)14-8(11,12)13/h2-3H,1H3. The van der Waals surface area contributed by atoms with Crippen LogP contribution in [0.4, 0.5) is 17.6 Å². The summed E-state index contributed by atoms with van der Waals surface area (Å²) in [6.45, 7) is 1.33. The maximum atomic E-state index is 13.0. The van der Waals surface area contributed by atoms with E-state index in [1.165, 1.54) is 13.0 Å². The SMILES string of the molecule is Cc1cc(Br)cc(F)c1OC(F)(F)F. The number of rotatable bonds is 1. The molecule has 0 fully saturated rings. The Balaban J connectivity index is 3.09. The molecule has 1 aromatic rings. The van der Waals surface area contributed by atoms with Gasteiger partial charge in [0.2, 0.25) is 0 Å². The molecule has 1 aromatic carbocycles. The number of alkyl halides is 3. The number of ether oxygens (including phenoxy) is 1. The van der Waals surface area contributed by atoms with Crippen molar-refractivity contribution in [1.29, 1.82) is 0 Å². The second-order valence-electron chi connectivity index (χ2n) is 2.58. The number of aryl methyl sites for hydroxylation is 1. The van der Waals surface area contributed by atoms with Gasteiger partial charge < -0.3 is 4.74 Å². The van der Waals surface area contributed by atoms with Crippen LogP contribution < -0.4 is 4.74 Å². The molecular weight excluding hydrogens is 268 g/mol. The van der Waals surface area contributed by atoms with Crippen LogP contribution in [-0.4, -0.2) is 6.36 Å². The highest BCUT2D eigenvalue weighted by Gasteiger charge is 2.33. The lowest BCUT2D eigenvalue weighted by Crippen LogP contribution is -2.18. The summed E-state index contributed by atoms with van der Waals surface area (Å²) >= 11 is 2.95. The van der Waals surface area contributed by atoms with Gasteiger partial charge in [-0.2, -0.15) is 0 Å². The van der Waals surface area contributed by atoms with Gasteiger partial charge in [-0.15, -0.1) is 13.2 Å². The Morgan fingerprint density at radius 1 is 1.29 bits per heavy atom. The molecule has 6 heteroatoms. The molecule has 14 heavy (non-hydrogen) atoms. The van der Waals surface area contributed by atoms with Crippen molar-refractivity contribution in [2.75, 3.05) is 0 Å². The van der Waals surface area contributed by atoms with Gasteiger partial charge in [0, 0.05) is 4.47 Å². The van der Waals surface area contributed by atoms with Crippen LogP contribution in [0, 0.1) is 12.7 Å². The van der Waals surface area contributed by atoms with E-state index in [0.29, 0.717) is 4.47 Å². The van der Waals surface area contributed by atoms with Crippen molar-refractivity contribution < 1.29 is 22.3 Å². The van der Waals surface area contributed by atoms with Gasteiger partial charge in [0.1, 0.15) is 0 Å². The summed E-state index contributed by atoms with van der Waals surface area (Å²) in [5.74, 6) is -1.84. The Hall–Kier alpha value is -0.780. The number of halogens is 5. The van der Waals surface area contributed by atoms with Gasteiger partial charge in [0.15, 0.2) is 11.6 Å². The van der Waals surface area contributed by atoms with Crippen molar-refractivity contribution in [2.45, 2.75) is 13.3 Å². The van der Waals surface area contributed by atoms with E-state index >= 15 is 0 Å². The minimum absolute atomic E-state index is 0.0780. The van der Waals surface area contributed by atoms with Gasteiger partial charge in [-0.05, 0) is 24.6 Å². The predicted octanol–water partition coefficient (Wildman–Crippen LogP) is 3.80. The fourth-order valence-corrected chi connectivity index (χ4v) is 1.48. The summed E-state index contributed by atoms with van der Waals surface area (Å²) < 4.78 is 52.3. The molecule has 0 aliphatic heterocycles. The second kappa shape index (κ2) is 3.76. The Bertz CT molecular complexity index is 325. The molecule has 0 bridgehead atoms. The van der Waals surface area contributed by atoms with Gasteiger partial charge >= 0.3 is 6.36 Å². The van der Waals surface area contributed by atoms with Crippen molar-refractivity contribution in [1.82, 2.24) is 0 Å². The summed E-state index contributed by atoms with van der Waals surface area (Å²) in [6, 6.07) is 2.25. The van der Waals surface area contributed by atoms with E-state index in [1.54, 1.807) is 0 Å². The van der Waals surface area contributed by atoms with Crippen molar-refractivity contribution in [3.05, 3.63) is 28.0 Å². The lowest BCUT2D eigenvalue weighted by molar-refractivity contribution is -0.275. The molecular formula is C8H5BrF4O. The van der Waals surface area contributed by atoms with E-state index in [9.17, 15) is 17.6 Å². The van der Waals surface area contributed by atoms with Gasteiger partial charge in [-0.1, -0.05) is 15.9 Å². The maximum absolute atomic E-state index is 13.0. The highest BCUT2D eigenvalue weighted by molar-refractivity contribution is 9.10. The molecule has 0 aliphatic carbocycles. The van der Waals surface area contributed by atoms with Crippen LogP contribution in [0.25, 0.3) is 0 Å². The van der Waals surface area contributed by atoms with E-state index in [2.05, 4.69) is 20.7 Å². The Kier molecular flexibility index (Phi) is 3.04. The largest absolute Gasteiger partial charge is 0.573 e. The average molecular weight is 273 g/mol. The Labute approximate surface area is 85.8 Å². The molecule has 0 aliphatic rings. The van der Waals surface area contributed by atoms with Crippen LogP contribution in [0.3, 0.4) is 0 Å². The zero-order chi connectivity index (χ0) is 10.9. The first-order valence-corrected chi connectivity index (χ1v) is 4.30. The number of hydrogen-bond donors (Lipinski definition) is 0. The van der Waals surface area contributed by atoms with Crippen LogP contribution in [0.15, 0.2) is 16.6 Å². The lowest BCUT2D eigenvalue weighted by Gasteiger charge is -2.12. The number of benzene rings is 1. The Morgan fingerprint density at radius 2 is 1.86 bits per heavy atom. The molecule has 1 nitrogen and oxygen atoms in total. The quantitative estimate of drug-likeness (QED) is 0.707. The van der Waals surface area contributed by atoms with Crippen molar-refractivity contribution in [3.8, 4) is 5.75 Å². The predicted molar refractivity (Wildman–Crippen MR) is 45.5 cm³/mol. The van der Waals surface area contributed by atoms with Crippen LogP contribution in [-0.2, 0) is 0 Å². The third-order valence-electron chi connectivity index (χ3n) is 1.41. The molecule has 0 atom stereocenters. The van der Waals surface area contributed by atoms with Gasteiger partial charge in [0.05, 0.1) is 0 Å². The molecule has 78 valence electrons. The minimum atomic E-state index is -4.88. The molecule has 0 N–H and O–H groups in total. The molecule has 0 amide bonds. The monoisotopic (exact) mass is 272 g/mol. The van der Waals surface area contributed by atoms with E-state index in [-0.39, 0.29) is 5.56 Å². The first-order valence-electron chi connectivity index (χ1n) is 3.51. The fourth-order valence-electron chi connectivity index (χ4n) is 0.934. The van der Waals surface area contributed by atoms with Gasteiger partial charge in [0.25, 0.3) is 0 Å². The fraction of sp³-hybridized carbons (Fsp3) is 0.250. The second-order valence-corrected chi connectivity index (χ2v) is 3.50. The summed E-state index contributed by atoms with van der Waals surface area (Å²) in [6.07, 6.45) is -4.88. The minimum Gasteiger partial charge on any atom is -0.402 e. The molecule has 0 spiro atoms. The summed E-state index contributed by atoms with van der Waals surface area (Å²) in [4.78, 5) is 0. The molecule has 0 radical (unpaired) electrons. The van der Waals surface area contributed by atoms with Crippen molar-refractivity contribution >= 4 is 15.9 Å².